The monoisotopic (exact) mass is 435 g/mol. The topological polar surface area (TPSA) is 38.7 Å². The minimum Gasteiger partial charge on any atom is -0.256 e. The van der Waals surface area contributed by atoms with Crippen LogP contribution in [0.1, 0.15) is 11.1 Å². The number of aromatic nitrogens is 3. The van der Waals surface area contributed by atoms with Crippen LogP contribution in [0.2, 0.25) is 0 Å². The number of aryl methyl sites for hydroxylation is 2. The summed E-state index contributed by atoms with van der Waals surface area (Å²) in [7, 11) is 0. The molecule has 0 amide bonds. The fourth-order valence-electron chi connectivity index (χ4n) is 5.07. The molecule has 7 rings (SSSR count). The van der Waals surface area contributed by atoms with Gasteiger partial charge in [-0.2, -0.15) is 0 Å². The maximum atomic E-state index is 5.27. The lowest BCUT2D eigenvalue weighted by atomic mass is 9.92. The summed E-state index contributed by atoms with van der Waals surface area (Å²) in [5, 5.41) is 5.68. The highest BCUT2D eigenvalue weighted by Gasteiger charge is 2.20. The molecular formula is C31H21N3. The Morgan fingerprint density at radius 2 is 1.12 bits per heavy atom. The summed E-state index contributed by atoms with van der Waals surface area (Å²) >= 11 is 0. The lowest BCUT2D eigenvalue weighted by molar-refractivity contribution is 1.37. The first kappa shape index (κ1) is 19.1. The van der Waals surface area contributed by atoms with Crippen molar-refractivity contribution in [3.63, 3.8) is 0 Å². The molecule has 3 heterocycles. The van der Waals surface area contributed by atoms with Crippen LogP contribution in [-0.4, -0.2) is 15.0 Å². The molecule has 0 aliphatic heterocycles. The van der Waals surface area contributed by atoms with Crippen LogP contribution in [0.15, 0.2) is 91.1 Å². The van der Waals surface area contributed by atoms with Gasteiger partial charge in [-0.15, -0.1) is 0 Å². The van der Waals surface area contributed by atoms with Crippen LogP contribution in [0.5, 0.6) is 0 Å². The number of nitrogens with zero attached hydrogens (tertiary/aromatic N) is 3. The van der Waals surface area contributed by atoms with Crippen molar-refractivity contribution >= 4 is 43.5 Å². The molecule has 0 saturated heterocycles. The Labute approximate surface area is 197 Å². The quantitative estimate of drug-likeness (QED) is 0.205. The fraction of sp³-hybridized carbons (Fsp3) is 0.0645. The minimum absolute atomic E-state index is 0.915. The first-order valence-electron chi connectivity index (χ1n) is 11.5. The zero-order valence-electron chi connectivity index (χ0n) is 19.0. The zero-order chi connectivity index (χ0) is 22.8. The van der Waals surface area contributed by atoms with Gasteiger partial charge in [0.05, 0.1) is 27.9 Å². The van der Waals surface area contributed by atoms with Crippen LogP contribution in [0.4, 0.5) is 0 Å². The molecule has 0 N–H and O–H groups in total. The number of hydrogen-bond donors (Lipinski definition) is 0. The maximum absolute atomic E-state index is 5.27. The van der Waals surface area contributed by atoms with Crippen LogP contribution in [0, 0.1) is 13.8 Å². The summed E-state index contributed by atoms with van der Waals surface area (Å²) in [6.45, 7) is 4.22. The van der Waals surface area contributed by atoms with E-state index in [-0.39, 0.29) is 0 Å². The van der Waals surface area contributed by atoms with E-state index in [2.05, 4.69) is 97.7 Å². The number of hydrogen-bond acceptors (Lipinski definition) is 3. The second-order valence-electron chi connectivity index (χ2n) is 9.07. The van der Waals surface area contributed by atoms with E-state index in [0.29, 0.717) is 0 Å². The molecule has 0 fully saturated rings. The molecule has 0 radical (unpaired) electrons. The molecule has 7 aromatic rings. The predicted octanol–water partition coefficient (Wildman–Crippen LogP) is 7.87. The van der Waals surface area contributed by atoms with Gasteiger partial charge in [0.1, 0.15) is 0 Å². The summed E-state index contributed by atoms with van der Waals surface area (Å²) in [5.74, 6) is 0. The number of fused-ring (bicyclic) bond motifs is 2. The van der Waals surface area contributed by atoms with Crippen molar-refractivity contribution in [3.8, 4) is 22.5 Å². The Hall–Kier alpha value is -4.37. The van der Waals surface area contributed by atoms with Crippen molar-refractivity contribution in [1.82, 2.24) is 15.0 Å². The van der Waals surface area contributed by atoms with E-state index in [1.54, 1.807) is 0 Å². The van der Waals surface area contributed by atoms with Crippen molar-refractivity contribution in [2.75, 3.05) is 0 Å². The molecule has 0 unspecified atom stereocenters. The average molecular weight is 436 g/mol. The van der Waals surface area contributed by atoms with E-state index in [1.807, 2.05) is 12.3 Å². The smallest absolute Gasteiger partial charge is 0.0832 e. The van der Waals surface area contributed by atoms with E-state index in [0.717, 1.165) is 60.6 Å². The second-order valence-corrected chi connectivity index (χ2v) is 9.07. The molecule has 3 aromatic heterocycles. The summed E-state index contributed by atoms with van der Waals surface area (Å²) < 4.78 is 0. The number of rotatable bonds is 2. The molecule has 34 heavy (non-hydrogen) atoms. The van der Waals surface area contributed by atoms with Gasteiger partial charge in [-0.3, -0.25) is 4.98 Å². The molecule has 0 saturated carbocycles. The Morgan fingerprint density at radius 1 is 0.529 bits per heavy atom. The van der Waals surface area contributed by atoms with E-state index in [1.165, 1.54) is 16.5 Å². The van der Waals surface area contributed by atoms with Crippen molar-refractivity contribution < 1.29 is 0 Å². The van der Waals surface area contributed by atoms with Crippen LogP contribution < -0.4 is 0 Å². The molecule has 0 aliphatic carbocycles. The highest BCUT2D eigenvalue weighted by molar-refractivity contribution is 6.30. The molecule has 0 atom stereocenters. The Morgan fingerprint density at radius 3 is 1.76 bits per heavy atom. The predicted molar refractivity (Wildman–Crippen MR) is 141 cm³/mol. The first-order valence-corrected chi connectivity index (χ1v) is 11.5. The average Bonchev–Trinajstić information content (AvgIpc) is 2.87. The lowest BCUT2D eigenvalue weighted by Crippen LogP contribution is -1.97. The summed E-state index contributed by atoms with van der Waals surface area (Å²) in [5.41, 5.74) is 9.51. The van der Waals surface area contributed by atoms with Crippen LogP contribution in [0.3, 0.4) is 0 Å². The zero-order valence-corrected chi connectivity index (χ0v) is 19.0. The third kappa shape index (κ3) is 2.74. The van der Waals surface area contributed by atoms with Gasteiger partial charge in [0.15, 0.2) is 0 Å². The van der Waals surface area contributed by atoms with E-state index >= 15 is 0 Å². The van der Waals surface area contributed by atoms with E-state index in [4.69, 9.17) is 9.97 Å². The van der Waals surface area contributed by atoms with Crippen molar-refractivity contribution in [1.29, 1.82) is 0 Å². The Balaban J connectivity index is 1.72. The first-order chi connectivity index (χ1) is 16.7. The number of pyridine rings is 3. The minimum atomic E-state index is 0.915. The Kier molecular flexibility index (Phi) is 3.97. The summed E-state index contributed by atoms with van der Waals surface area (Å²) in [6.07, 6.45) is 1.83. The fourth-order valence-corrected chi connectivity index (χ4v) is 5.07. The molecular weight excluding hydrogens is 414 g/mol. The molecule has 3 nitrogen and oxygen atoms in total. The lowest BCUT2D eigenvalue weighted by Gasteiger charge is -2.17. The third-order valence-electron chi connectivity index (χ3n) is 6.79. The largest absolute Gasteiger partial charge is 0.256 e. The third-order valence-corrected chi connectivity index (χ3v) is 6.79. The van der Waals surface area contributed by atoms with Gasteiger partial charge in [-0.25, -0.2) is 9.97 Å². The van der Waals surface area contributed by atoms with Gasteiger partial charge in [0.2, 0.25) is 0 Å². The molecule has 0 bridgehead atoms. The van der Waals surface area contributed by atoms with E-state index in [9.17, 15) is 0 Å². The van der Waals surface area contributed by atoms with Crippen LogP contribution in [-0.2, 0) is 0 Å². The SMILES string of the molecule is Cc1ccc(-c2nc3cc4ncccc4c4nc(-c5ccc(C)cc5)c5cccc2c5c34)cc1. The molecule has 3 heteroatoms. The Bertz CT molecular complexity index is 1830. The van der Waals surface area contributed by atoms with Crippen LogP contribution >= 0.6 is 0 Å². The summed E-state index contributed by atoms with van der Waals surface area (Å²) in [6, 6.07) is 30.0. The highest BCUT2D eigenvalue weighted by atomic mass is 14.8. The van der Waals surface area contributed by atoms with Crippen molar-refractivity contribution in [2.45, 2.75) is 13.8 Å². The van der Waals surface area contributed by atoms with Crippen molar-refractivity contribution in [2.24, 2.45) is 0 Å². The van der Waals surface area contributed by atoms with Crippen LogP contribution in [0.25, 0.3) is 66.0 Å². The molecule has 160 valence electrons. The van der Waals surface area contributed by atoms with Crippen molar-refractivity contribution in [3.05, 3.63) is 102 Å². The second kappa shape index (κ2) is 7.06. The summed E-state index contributed by atoms with van der Waals surface area (Å²) in [4.78, 5) is 15.1. The van der Waals surface area contributed by atoms with Gasteiger partial charge in [0, 0.05) is 44.3 Å². The van der Waals surface area contributed by atoms with Gasteiger partial charge < -0.3 is 0 Å². The number of benzene rings is 4. The normalized spacial score (nSPS) is 11.8. The highest BCUT2D eigenvalue weighted by Crippen LogP contribution is 2.43. The van der Waals surface area contributed by atoms with Gasteiger partial charge in [-0.05, 0) is 32.0 Å². The van der Waals surface area contributed by atoms with Gasteiger partial charge in [-0.1, -0.05) is 77.9 Å². The van der Waals surface area contributed by atoms with Gasteiger partial charge in [0.25, 0.3) is 0 Å². The van der Waals surface area contributed by atoms with E-state index < -0.39 is 0 Å². The molecule has 0 spiro atoms. The maximum Gasteiger partial charge on any atom is 0.0832 e. The van der Waals surface area contributed by atoms with Gasteiger partial charge >= 0.3 is 0 Å². The standard InChI is InChI=1S/C31H21N3/c1-18-8-12-20(13-9-18)29-23-5-3-6-24-27(23)28-26(33-29)17-25-22(7-4-16-32-25)31(28)34-30(24)21-14-10-19(2)11-15-21/h3-17H,1-2H3. The molecule has 4 aromatic carbocycles. The molecule has 0 aliphatic rings.